The maximum Gasteiger partial charge on any atom is 0.338 e. The highest BCUT2D eigenvalue weighted by Crippen LogP contribution is 2.20. The lowest BCUT2D eigenvalue weighted by molar-refractivity contribution is 0.0691. The van der Waals surface area contributed by atoms with Crippen molar-refractivity contribution in [3.05, 3.63) is 29.3 Å². The van der Waals surface area contributed by atoms with Crippen molar-refractivity contribution in [3.63, 3.8) is 0 Å². The number of aromatic carboxylic acids is 1. The zero-order valence-corrected chi connectivity index (χ0v) is 10.7. The first-order valence-corrected chi connectivity index (χ1v) is 5.50. The van der Waals surface area contributed by atoms with Crippen molar-refractivity contribution in [1.29, 1.82) is 0 Å². The van der Waals surface area contributed by atoms with Crippen molar-refractivity contribution < 1.29 is 23.5 Å². The van der Waals surface area contributed by atoms with Gasteiger partial charge in [0.1, 0.15) is 11.6 Å². The lowest BCUT2D eigenvalue weighted by Crippen LogP contribution is -2.36. The number of carboxylic acids is 1. The number of carboxylic acid groups (broad SMARTS) is 1. The Labute approximate surface area is 108 Å². The molecule has 0 spiro atoms. The van der Waals surface area contributed by atoms with Crippen LogP contribution in [0.4, 0.5) is 19.3 Å². The smallest absolute Gasteiger partial charge is 0.338 e. The van der Waals surface area contributed by atoms with E-state index in [9.17, 15) is 18.4 Å². The van der Waals surface area contributed by atoms with Crippen LogP contribution in [0.3, 0.4) is 0 Å². The zero-order valence-electron chi connectivity index (χ0n) is 10.7. The summed E-state index contributed by atoms with van der Waals surface area (Å²) in [4.78, 5) is 23.7. The number of benzene rings is 1. The number of anilines is 1. The van der Waals surface area contributed by atoms with E-state index in [2.05, 4.69) is 5.32 Å². The van der Waals surface area contributed by atoms with Crippen molar-refractivity contribution in [1.82, 2.24) is 4.90 Å². The Morgan fingerprint density at radius 3 is 2.32 bits per heavy atom. The van der Waals surface area contributed by atoms with E-state index in [4.69, 9.17) is 5.11 Å². The van der Waals surface area contributed by atoms with Gasteiger partial charge in [-0.1, -0.05) is 0 Å². The van der Waals surface area contributed by atoms with Crippen LogP contribution >= 0.6 is 0 Å². The van der Waals surface area contributed by atoms with Crippen LogP contribution in [0.1, 0.15) is 24.2 Å². The van der Waals surface area contributed by atoms with Crippen molar-refractivity contribution in [2.45, 2.75) is 19.9 Å². The molecule has 1 aromatic carbocycles. The third kappa shape index (κ3) is 3.40. The lowest BCUT2D eigenvalue weighted by atomic mass is 10.2. The van der Waals surface area contributed by atoms with Gasteiger partial charge in [-0.15, -0.1) is 0 Å². The summed E-state index contributed by atoms with van der Waals surface area (Å²) in [5.41, 5.74) is -1.08. The Hall–Kier alpha value is -2.18. The summed E-state index contributed by atoms with van der Waals surface area (Å²) in [6, 6.07) is 0.437. The monoisotopic (exact) mass is 272 g/mol. The van der Waals surface area contributed by atoms with Crippen LogP contribution in [0.2, 0.25) is 0 Å². The van der Waals surface area contributed by atoms with Crippen LogP contribution in [0.15, 0.2) is 12.1 Å². The Balaban J connectivity index is 3.05. The van der Waals surface area contributed by atoms with E-state index in [1.165, 1.54) is 11.9 Å². The second-order valence-corrected chi connectivity index (χ2v) is 4.25. The van der Waals surface area contributed by atoms with Gasteiger partial charge < -0.3 is 15.3 Å². The van der Waals surface area contributed by atoms with Gasteiger partial charge in [-0.2, -0.15) is 0 Å². The molecular formula is C12H14F2N2O3. The molecule has 0 unspecified atom stereocenters. The molecule has 0 aliphatic carbocycles. The van der Waals surface area contributed by atoms with Gasteiger partial charge in [-0.25, -0.2) is 18.4 Å². The summed E-state index contributed by atoms with van der Waals surface area (Å²) in [6.45, 7) is 3.51. The first-order chi connectivity index (χ1) is 8.73. The number of halogens is 2. The van der Waals surface area contributed by atoms with Gasteiger partial charge in [0.05, 0.1) is 11.3 Å². The summed E-state index contributed by atoms with van der Waals surface area (Å²) >= 11 is 0. The Morgan fingerprint density at radius 1 is 1.26 bits per heavy atom. The van der Waals surface area contributed by atoms with Crippen LogP contribution in [0.5, 0.6) is 0 Å². The fourth-order valence-electron chi connectivity index (χ4n) is 1.25. The van der Waals surface area contributed by atoms with Gasteiger partial charge in [0.25, 0.3) is 0 Å². The summed E-state index contributed by atoms with van der Waals surface area (Å²) in [5, 5.41) is 10.9. The molecule has 0 heterocycles. The molecule has 0 aliphatic rings. The predicted octanol–water partition coefficient (Wildman–Crippen LogP) is 2.54. The Kier molecular flexibility index (Phi) is 4.42. The average molecular weight is 272 g/mol. The molecule has 1 rings (SSSR count). The van der Waals surface area contributed by atoms with Gasteiger partial charge in [0.15, 0.2) is 0 Å². The van der Waals surface area contributed by atoms with Crippen molar-refractivity contribution >= 4 is 17.7 Å². The molecule has 0 saturated heterocycles. The molecule has 2 amide bonds. The normalized spacial score (nSPS) is 10.4. The number of amides is 2. The van der Waals surface area contributed by atoms with Gasteiger partial charge >= 0.3 is 12.0 Å². The zero-order chi connectivity index (χ0) is 14.7. The molecule has 0 bridgehead atoms. The molecule has 1 aromatic rings. The first kappa shape index (κ1) is 14.9. The number of urea groups is 1. The van der Waals surface area contributed by atoms with E-state index in [0.29, 0.717) is 6.07 Å². The second-order valence-electron chi connectivity index (χ2n) is 4.25. The molecule has 2 N–H and O–H groups in total. The fourth-order valence-corrected chi connectivity index (χ4v) is 1.25. The summed E-state index contributed by atoms with van der Waals surface area (Å²) in [5.74, 6) is -3.77. The number of carbonyl (C=O) groups excluding carboxylic acids is 1. The number of rotatable bonds is 3. The minimum Gasteiger partial charge on any atom is -0.478 e. The molecule has 0 aromatic heterocycles. The van der Waals surface area contributed by atoms with Crippen molar-refractivity contribution in [2.75, 3.05) is 12.4 Å². The average Bonchev–Trinajstić information content (AvgIpc) is 2.30. The minimum absolute atomic E-state index is 0.123. The number of nitrogens with one attached hydrogen (secondary N) is 1. The standard InChI is InChI=1S/C12H14F2N2O3/c1-6(2)16(3)12(19)15-10-4-7(11(17)18)8(13)5-9(10)14/h4-6H,1-3H3,(H,15,19)(H,17,18). The Morgan fingerprint density at radius 2 is 1.84 bits per heavy atom. The molecule has 104 valence electrons. The molecule has 0 radical (unpaired) electrons. The summed E-state index contributed by atoms with van der Waals surface area (Å²) in [6.07, 6.45) is 0. The molecule has 7 heteroatoms. The quantitative estimate of drug-likeness (QED) is 0.888. The summed E-state index contributed by atoms with van der Waals surface area (Å²) < 4.78 is 26.6. The van der Waals surface area contributed by atoms with Gasteiger partial charge in [0.2, 0.25) is 0 Å². The van der Waals surface area contributed by atoms with E-state index < -0.39 is 29.2 Å². The summed E-state index contributed by atoms with van der Waals surface area (Å²) in [7, 11) is 1.50. The third-order valence-electron chi connectivity index (χ3n) is 2.62. The van der Waals surface area contributed by atoms with Crippen molar-refractivity contribution in [3.8, 4) is 0 Å². The topological polar surface area (TPSA) is 69.6 Å². The highest BCUT2D eigenvalue weighted by Gasteiger charge is 2.18. The highest BCUT2D eigenvalue weighted by molar-refractivity contribution is 5.93. The van der Waals surface area contributed by atoms with Crippen LogP contribution in [-0.4, -0.2) is 35.1 Å². The van der Waals surface area contributed by atoms with E-state index in [-0.39, 0.29) is 11.7 Å². The van der Waals surface area contributed by atoms with Crippen LogP contribution < -0.4 is 5.32 Å². The number of nitrogens with zero attached hydrogens (tertiary/aromatic N) is 1. The molecule has 0 aliphatic heterocycles. The second kappa shape index (κ2) is 5.64. The number of carbonyl (C=O) groups is 2. The van der Waals surface area contributed by atoms with Gasteiger partial charge in [-0.3, -0.25) is 0 Å². The van der Waals surface area contributed by atoms with E-state index >= 15 is 0 Å². The highest BCUT2D eigenvalue weighted by atomic mass is 19.1. The maximum absolute atomic E-state index is 13.5. The molecule has 0 saturated carbocycles. The number of hydrogen-bond donors (Lipinski definition) is 2. The Bertz CT molecular complexity index is 518. The fraction of sp³-hybridized carbons (Fsp3) is 0.333. The van der Waals surface area contributed by atoms with Gasteiger partial charge in [-0.05, 0) is 19.9 Å². The SMILES string of the molecule is CC(C)N(C)C(=O)Nc1cc(C(=O)O)c(F)cc1F. The van der Waals surface area contributed by atoms with E-state index in [1.807, 2.05) is 0 Å². The molecule has 5 nitrogen and oxygen atoms in total. The van der Waals surface area contributed by atoms with E-state index in [1.54, 1.807) is 13.8 Å². The third-order valence-corrected chi connectivity index (χ3v) is 2.62. The minimum atomic E-state index is -1.54. The lowest BCUT2D eigenvalue weighted by Gasteiger charge is -2.22. The van der Waals surface area contributed by atoms with Gasteiger partial charge in [0, 0.05) is 19.2 Å². The first-order valence-electron chi connectivity index (χ1n) is 5.50. The van der Waals surface area contributed by atoms with Crippen molar-refractivity contribution in [2.24, 2.45) is 0 Å². The van der Waals surface area contributed by atoms with Crippen LogP contribution in [0, 0.1) is 11.6 Å². The largest absolute Gasteiger partial charge is 0.478 e. The number of hydrogen-bond acceptors (Lipinski definition) is 2. The van der Waals surface area contributed by atoms with E-state index in [0.717, 1.165) is 6.07 Å². The molecule has 19 heavy (non-hydrogen) atoms. The molecular weight excluding hydrogens is 258 g/mol. The maximum atomic E-state index is 13.5. The molecule has 0 fully saturated rings. The van der Waals surface area contributed by atoms with Crippen LogP contribution in [-0.2, 0) is 0 Å². The molecule has 0 atom stereocenters. The predicted molar refractivity (Wildman–Crippen MR) is 65.2 cm³/mol. The van der Waals surface area contributed by atoms with Crippen LogP contribution in [0.25, 0.3) is 0 Å².